The number of aromatic nitrogens is 1. The Balaban J connectivity index is 1.57. The molecule has 1 atom stereocenters. The van der Waals surface area contributed by atoms with Crippen LogP contribution in [-0.2, 0) is 17.2 Å². The van der Waals surface area contributed by atoms with Crippen LogP contribution in [0.15, 0.2) is 24.3 Å². The van der Waals surface area contributed by atoms with Crippen LogP contribution in [0.2, 0.25) is 0 Å². The van der Waals surface area contributed by atoms with E-state index >= 15 is 0 Å². The van der Waals surface area contributed by atoms with E-state index in [1.807, 2.05) is 11.6 Å². The monoisotopic (exact) mass is 377 g/mol. The molecule has 1 aromatic carbocycles. The second-order valence-corrected chi connectivity index (χ2v) is 8.89. The van der Waals surface area contributed by atoms with E-state index in [0.29, 0.717) is 11.6 Å². The predicted octanol–water partition coefficient (Wildman–Crippen LogP) is 1.34. The van der Waals surface area contributed by atoms with Crippen molar-refractivity contribution >= 4 is 26.9 Å². The molecule has 1 amide bonds. The predicted molar refractivity (Wildman–Crippen MR) is 98.8 cm³/mol. The van der Waals surface area contributed by atoms with E-state index in [4.69, 9.17) is 4.18 Å². The van der Waals surface area contributed by atoms with Crippen molar-refractivity contribution in [2.24, 2.45) is 13.0 Å². The SMILES string of the molecule is Cn1c(C(=O)NC2CN3CCC2CC3)cc2cc(OS(C)(=O)=O)ccc21. The lowest BCUT2D eigenvalue weighted by atomic mass is 9.84. The van der Waals surface area contributed by atoms with Gasteiger partial charge in [0.15, 0.2) is 0 Å². The average molecular weight is 377 g/mol. The van der Waals surface area contributed by atoms with Gasteiger partial charge in [-0.25, -0.2) is 0 Å². The van der Waals surface area contributed by atoms with E-state index < -0.39 is 10.1 Å². The number of hydrogen-bond acceptors (Lipinski definition) is 5. The first-order valence-electron chi connectivity index (χ1n) is 8.82. The minimum Gasteiger partial charge on any atom is -0.383 e. The Hall–Kier alpha value is -2.06. The lowest BCUT2D eigenvalue weighted by Crippen LogP contribution is -2.57. The zero-order valence-corrected chi connectivity index (χ0v) is 15.8. The van der Waals surface area contributed by atoms with Crippen LogP contribution in [0.4, 0.5) is 0 Å². The number of carbonyl (C=O) groups excluding carboxylic acids is 1. The Morgan fingerprint density at radius 1 is 1.23 bits per heavy atom. The number of benzene rings is 1. The van der Waals surface area contributed by atoms with E-state index in [1.54, 1.807) is 24.3 Å². The zero-order chi connectivity index (χ0) is 18.5. The van der Waals surface area contributed by atoms with Gasteiger partial charge in [0, 0.05) is 30.5 Å². The highest BCUT2D eigenvalue weighted by Gasteiger charge is 2.35. The van der Waals surface area contributed by atoms with Crippen LogP contribution in [-0.4, -0.2) is 55.7 Å². The Labute approximate surface area is 153 Å². The third kappa shape index (κ3) is 3.31. The molecule has 3 aliphatic heterocycles. The highest BCUT2D eigenvalue weighted by Crippen LogP contribution is 2.28. The summed E-state index contributed by atoms with van der Waals surface area (Å²) >= 11 is 0. The molecule has 0 radical (unpaired) electrons. The molecule has 3 aliphatic rings. The number of nitrogens with zero attached hydrogens (tertiary/aromatic N) is 2. The highest BCUT2D eigenvalue weighted by atomic mass is 32.2. The van der Waals surface area contributed by atoms with E-state index in [1.165, 1.54) is 0 Å². The summed E-state index contributed by atoms with van der Waals surface area (Å²) in [5.74, 6) is 0.719. The van der Waals surface area contributed by atoms with Crippen LogP contribution in [0.1, 0.15) is 23.3 Å². The molecule has 140 valence electrons. The van der Waals surface area contributed by atoms with Crippen LogP contribution in [0, 0.1) is 5.92 Å². The molecule has 4 heterocycles. The van der Waals surface area contributed by atoms with Gasteiger partial charge in [-0.1, -0.05) is 0 Å². The Kier molecular flexibility index (Phi) is 4.19. The van der Waals surface area contributed by atoms with Gasteiger partial charge in [0.1, 0.15) is 11.4 Å². The maximum Gasteiger partial charge on any atom is 0.306 e. The van der Waals surface area contributed by atoms with Gasteiger partial charge in [-0.15, -0.1) is 0 Å². The molecule has 8 heteroatoms. The van der Waals surface area contributed by atoms with Crippen molar-refractivity contribution in [2.75, 3.05) is 25.9 Å². The summed E-state index contributed by atoms with van der Waals surface area (Å²) in [5.41, 5.74) is 1.41. The second-order valence-electron chi connectivity index (χ2n) is 7.31. The molecule has 7 nitrogen and oxygen atoms in total. The lowest BCUT2D eigenvalue weighted by Gasteiger charge is -2.44. The summed E-state index contributed by atoms with van der Waals surface area (Å²) in [4.78, 5) is 15.2. The van der Waals surface area contributed by atoms with Crippen LogP contribution in [0.3, 0.4) is 0 Å². The maximum absolute atomic E-state index is 12.8. The van der Waals surface area contributed by atoms with Crippen molar-refractivity contribution < 1.29 is 17.4 Å². The number of carbonyl (C=O) groups is 1. The summed E-state index contributed by atoms with van der Waals surface area (Å²) in [5, 5.41) is 3.96. The molecule has 1 aromatic heterocycles. The summed E-state index contributed by atoms with van der Waals surface area (Å²) in [6.45, 7) is 3.19. The summed E-state index contributed by atoms with van der Waals surface area (Å²) in [7, 11) is -1.74. The molecule has 3 saturated heterocycles. The van der Waals surface area contributed by atoms with E-state index in [9.17, 15) is 13.2 Å². The highest BCUT2D eigenvalue weighted by molar-refractivity contribution is 7.86. The van der Waals surface area contributed by atoms with Crippen LogP contribution in [0.25, 0.3) is 10.9 Å². The van der Waals surface area contributed by atoms with Gasteiger partial charge in [-0.05, 0) is 56.1 Å². The molecule has 0 spiro atoms. The molecule has 1 N–H and O–H groups in total. The molecular formula is C18H23N3O4S. The molecule has 0 aliphatic carbocycles. The van der Waals surface area contributed by atoms with Gasteiger partial charge >= 0.3 is 10.1 Å². The van der Waals surface area contributed by atoms with Gasteiger partial charge < -0.3 is 19.0 Å². The van der Waals surface area contributed by atoms with Crippen LogP contribution < -0.4 is 9.50 Å². The van der Waals surface area contributed by atoms with Crippen molar-refractivity contribution in [3.8, 4) is 5.75 Å². The summed E-state index contributed by atoms with van der Waals surface area (Å²) in [6, 6.07) is 6.98. The number of nitrogens with one attached hydrogen (secondary N) is 1. The molecule has 1 unspecified atom stereocenters. The molecule has 0 saturated carbocycles. The Bertz CT molecular complexity index is 958. The summed E-state index contributed by atoms with van der Waals surface area (Å²) in [6.07, 6.45) is 3.30. The fourth-order valence-electron chi connectivity index (χ4n) is 4.14. The number of rotatable bonds is 4. The molecule has 3 fully saturated rings. The van der Waals surface area contributed by atoms with Gasteiger partial charge in [0.2, 0.25) is 0 Å². The van der Waals surface area contributed by atoms with Crippen molar-refractivity contribution in [3.63, 3.8) is 0 Å². The molecule has 2 aromatic rings. The first kappa shape index (κ1) is 17.4. The quantitative estimate of drug-likeness (QED) is 0.814. The lowest BCUT2D eigenvalue weighted by molar-refractivity contribution is 0.0616. The van der Waals surface area contributed by atoms with Gasteiger partial charge in [-0.3, -0.25) is 4.79 Å². The topological polar surface area (TPSA) is 80.6 Å². The molecule has 5 rings (SSSR count). The fourth-order valence-corrected chi connectivity index (χ4v) is 4.60. The smallest absolute Gasteiger partial charge is 0.306 e. The third-order valence-corrected chi connectivity index (χ3v) is 5.96. The minimum absolute atomic E-state index is 0.0898. The van der Waals surface area contributed by atoms with Crippen molar-refractivity contribution in [1.82, 2.24) is 14.8 Å². The zero-order valence-electron chi connectivity index (χ0n) is 14.9. The standard InChI is InChI=1S/C18H23N3O4S/c1-20-16-4-3-14(25-26(2,23)24)9-13(16)10-17(20)18(22)19-15-11-21-7-5-12(15)6-8-21/h3-4,9-10,12,15H,5-8,11H2,1-2H3,(H,19,22). The largest absolute Gasteiger partial charge is 0.383 e. The molecule has 2 bridgehead atoms. The first-order chi connectivity index (χ1) is 12.3. The Morgan fingerprint density at radius 2 is 1.96 bits per heavy atom. The number of aryl methyl sites for hydroxylation is 1. The number of hydrogen-bond donors (Lipinski definition) is 1. The Morgan fingerprint density at radius 3 is 2.58 bits per heavy atom. The van der Waals surface area contributed by atoms with Crippen molar-refractivity contribution in [3.05, 3.63) is 30.0 Å². The third-order valence-electron chi connectivity index (χ3n) is 5.47. The average Bonchev–Trinajstić information content (AvgIpc) is 2.91. The van der Waals surface area contributed by atoms with Gasteiger partial charge in [0.05, 0.1) is 6.26 Å². The van der Waals surface area contributed by atoms with Crippen LogP contribution >= 0.6 is 0 Å². The maximum atomic E-state index is 12.8. The minimum atomic E-state index is -3.58. The van der Waals surface area contributed by atoms with Gasteiger partial charge in [0.25, 0.3) is 5.91 Å². The number of piperidine rings is 3. The number of fused-ring (bicyclic) bond motifs is 4. The van der Waals surface area contributed by atoms with E-state index in [0.717, 1.165) is 49.6 Å². The normalized spacial score (nSPS) is 25.4. The van der Waals surface area contributed by atoms with Crippen LogP contribution in [0.5, 0.6) is 5.75 Å². The first-order valence-corrected chi connectivity index (χ1v) is 10.6. The van der Waals surface area contributed by atoms with E-state index in [2.05, 4.69) is 10.2 Å². The molecule has 26 heavy (non-hydrogen) atoms. The van der Waals surface area contributed by atoms with Gasteiger partial charge in [-0.2, -0.15) is 8.42 Å². The van der Waals surface area contributed by atoms with Crippen molar-refractivity contribution in [1.29, 1.82) is 0 Å². The number of amides is 1. The van der Waals surface area contributed by atoms with E-state index in [-0.39, 0.29) is 17.7 Å². The summed E-state index contributed by atoms with van der Waals surface area (Å²) < 4.78 is 29.4. The van der Waals surface area contributed by atoms with Crippen molar-refractivity contribution in [2.45, 2.75) is 18.9 Å². The molecular weight excluding hydrogens is 354 g/mol. The second kappa shape index (κ2) is 6.28. The fraction of sp³-hybridized carbons (Fsp3) is 0.500.